The van der Waals surface area contributed by atoms with Crippen molar-refractivity contribution < 1.29 is 28.6 Å². The van der Waals surface area contributed by atoms with Gasteiger partial charge < -0.3 is 15.2 Å². The number of amides is 1. The number of hydrogen-bond acceptors (Lipinski definition) is 4. The van der Waals surface area contributed by atoms with Crippen LogP contribution in [-0.2, 0) is 9.53 Å². The van der Waals surface area contributed by atoms with Gasteiger partial charge in [-0.05, 0) is 39.3 Å². The van der Waals surface area contributed by atoms with E-state index in [1.54, 1.807) is 20.8 Å². The predicted molar refractivity (Wildman–Crippen MR) is 80.8 cm³/mol. The van der Waals surface area contributed by atoms with Crippen LogP contribution in [0.4, 0.5) is 9.18 Å². The second-order valence-electron chi connectivity index (χ2n) is 6.01. The average molecular weight is 325 g/mol. The van der Waals surface area contributed by atoms with Crippen LogP contribution in [0.2, 0.25) is 0 Å². The molecule has 1 rings (SSSR count). The molecule has 0 saturated heterocycles. The number of carbonyl (C=O) groups excluding carboxylic acids is 2. The summed E-state index contributed by atoms with van der Waals surface area (Å²) in [5, 5.41) is 11.3. The average Bonchev–Trinajstić information content (AvgIpc) is 2.40. The quantitative estimate of drug-likeness (QED) is 0.785. The maximum atomic E-state index is 13.1. The Labute approximate surface area is 133 Å². The van der Waals surface area contributed by atoms with Crippen molar-refractivity contribution >= 4 is 17.8 Å². The maximum absolute atomic E-state index is 13.1. The molecule has 0 heterocycles. The Kier molecular flexibility index (Phi) is 6.24. The van der Waals surface area contributed by atoms with Crippen LogP contribution in [0.25, 0.3) is 0 Å². The number of ketones is 1. The van der Waals surface area contributed by atoms with Crippen molar-refractivity contribution in [3.8, 4) is 0 Å². The highest BCUT2D eigenvalue weighted by Gasteiger charge is 2.24. The number of Topliss-reactive ketones (excluding diaryl/α,β-unsaturated/α-hetero) is 1. The molecule has 7 heteroatoms. The number of benzene rings is 1. The standard InChI is InChI=1S/C16H20FNO5/c1-16(2,3)23-15(22)18-12(14(20)21)7-8-13(19)10-5-4-6-11(17)9-10/h4-6,9,12H,7-8H2,1-3H3,(H,18,22)(H,20,21). The van der Waals surface area contributed by atoms with Crippen molar-refractivity contribution in [2.24, 2.45) is 0 Å². The van der Waals surface area contributed by atoms with E-state index >= 15 is 0 Å². The van der Waals surface area contributed by atoms with Gasteiger partial charge in [-0.15, -0.1) is 0 Å². The van der Waals surface area contributed by atoms with Gasteiger partial charge in [-0.25, -0.2) is 14.0 Å². The minimum Gasteiger partial charge on any atom is -0.480 e. The fourth-order valence-corrected chi connectivity index (χ4v) is 1.79. The fraction of sp³-hybridized carbons (Fsp3) is 0.438. The topological polar surface area (TPSA) is 92.7 Å². The zero-order chi connectivity index (χ0) is 17.6. The molecule has 0 fully saturated rings. The molecule has 0 radical (unpaired) electrons. The molecule has 1 unspecified atom stereocenters. The minimum absolute atomic E-state index is 0.121. The zero-order valence-electron chi connectivity index (χ0n) is 13.3. The summed E-state index contributed by atoms with van der Waals surface area (Å²) < 4.78 is 18.0. The first-order valence-corrected chi connectivity index (χ1v) is 7.09. The van der Waals surface area contributed by atoms with E-state index in [4.69, 9.17) is 9.84 Å². The van der Waals surface area contributed by atoms with Crippen molar-refractivity contribution in [3.63, 3.8) is 0 Å². The first-order chi connectivity index (χ1) is 10.6. The van der Waals surface area contributed by atoms with Gasteiger partial charge in [0.25, 0.3) is 0 Å². The maximum Gasteiger partial charge on any atom is 0.408 e. The summed E-state index contributed by atoms with van der Waals surface area (Å²) in [6.45, 7) is 4.95. The van der Waals surface area contributed by atoms with Crippen LogP contribution in [0.1, 0.15) is 44.0 Å². The van der Waals surface area contributed by atoms with Crippen LogP contribution < -0.4 is 5.32 Å². The zero-order valence-corrected chi connectivity index (χ0v) is 13.3. The lowest BCUT2D eigenvalue weighted by Crippen LogP contribution is -2.43. The first-order valence-electron chi connectivity index (χ1n) is 7.09. The summed E-state index contributed by atoms with van der Waals surface area (Å²) in [7, 11) is 0. The minimum atomic E-state index is -1.28. The molecule has 6 nitrogen and oxygen atoms in total. The van der Waals surface area contributed by atoms with Crippen molar-refractivity contribution in [1.82, 2.24) is 5.32 Å². The van der Waals surface area contributed by atoms with Crippen LogP contribution in [0.3, 0.4) is 0 Å². The number of aliphatic carboxylic acids is 1. The third-order valence-electron chi connectivity index (χ3n) is 2.80. The second kappa shape index (κ2) is 7.71. The molecule has 1 aromatic carbocycles. The smallest absolute Gasteiger partial charge is 0.408 e. The lowest BCUT2D eigenvalue weighted by Gasteiger charge is -2.21. The summed E-state index contributed by atoms with van der Waals surface area (Å²) in [6.07, 6.45) is -1.14. The van der Waals surface area contributed by atoms with Gasteiger partial charge in [-0.2, -0.15) is 0 Å². The number of carboxylic acids is 1. The third-order valence-corrected chi connectivity index (χ3v) is 2.80. The van der Waals surface area contributed by atoms with Gasteiger partial charge in [-0.1, -0.05) is 12.1 Å². The van der Waals surface area contributed by atoms with E-state index in [2.05, 4.69) is 5.32 Å². The number of ether oxygens (including phenoxy) is 1. The van der Waals surface area contributed by atoms with Gasteiger partial charge in [0.1, 0.15) is 17.5 Å². The van der Waals surface area contributed by atoms with Crippen LogP contribution in [0.5, 0.6) is 0 Å². The Balaban J connectivity index is 2.61. The molecule has 1 aromatic rings. The SMILES string of the molecule is CC(C)(C)OC(=O)NC(CCC(=O)c1cccc(F)c1)C(=O)O. The molecule has 0 spiro atoms. The van der Waals surface area contributed by atoms with E-state index in [0.717, 1.165) is 6.07 Å². The van der Waals surface area contributed by atoms with E-state index in [1.807, 2.05) is 0 Å². The van der Waals surface area contributed by atoms with Crippen LogP contribution in [0, 0.1) is 5.82 Å². The van der Waals surface area contributed by atoms with E-state index in [0.29, 0.717) is 0 Å². The molecule has 126 valence electrons. The van der Waals surface area contributed by atoms with E-state index in [1.165, 1.54) is 18.2 Å². The van der Waals surface area contributed by atoms with Gasteiger partial charge in [-0.3, -0.25) is 4.79 Å². The summed E-state index contributed by atoms with van der Waals surface area (Å²) in [6, 6.07) is 3.88. The number of alkyl carbamates (subject to hydrolysis) is 1. The van der Waals surface area contributed by atoms with Crippen molar-refractivity contribution in [2.45, 2.75) is 45.3 Å². The van der Waals surface area contributed by atoms with Gasteiger partial charge in [0, 0.05) is 12.0 Å². The number of nitrogens with one attached hydrogen (secondary N) is 1. The molecule has 0 bridgehead atoms. The third kappa shape index (κ3) is 6.90. The van der Waals surface area contributed by atoms with Gasteiger partial charge in [0.15, 0.2) is 5.78 Å². The lowest BCUT2D eigenvalue weighted by molar-refractivity contribution is -0.139. The molecular weight excluding hydrogens is 305 g/mol. The monoisotopic (exact) mass is 325 g/mol. The molecule has 0 aliphatic carbocycles. The molecule has 0 aromatic heterocycles. The highest BCUT2D eigenvalue weighted by molar-refractivity contribution is 5.96. The Morgan fingerprint density at radius 3 is 2.48 bits per heavy atom. The van der Waals surface area contributed by atoms with Crippen molar-refractivity contribution in [2.75, 3.05) is 0 Å². The molecule has 0 saturated carbocycles. The van der Waals surface area contributed by atoms with Gasteiger partial charge >= 0.3 is 12.1 Å². The van der Waals surface area contributed by atoms with Crippen LogP contribution in [0.15, 0.2) is 24.3 Å². The molecule has 1 atom stereocenters. The van der Waals surface area contributed by atoms with Gasteiger partial charge in [0.2, 0.25) is 0 Å². The summed E-state index contributed by atoms with van der Waals surface area (Å²) >= 11 is 0. The highest BCUT2D eigenvalue weighted by Crippen LogP contribution is 2.11. The Bertz CT molecular complexity index is 594. The highest BCUT2D eigenvalue weighted by atomic mass is 19.1. The largest absolute Gasteiger partial charge is 0.480 e. The second-order valence-corrected chi connectivity index (χ2v) is 6.01. The van der Waals surface area contributed by atoms with Crippen LogP contribution in [-0.4, -0.2) is 34.6 Å². The number of carbonyl (C=O) groups is 3. The Morgan fingerprint density at radius 2 is 1.96 bits per heavy atom. The summed E-state index contributed by atoms with van der Waals surface area (Å²) in [5.74, 6) is -2.22. The molecule has 1 amide bonds. The van der Waals surface area contributed by atoms with Crippen molar-refractivity contribution in [3.05, 3.63) is 35.6 Å². The van der Waals surface area contributed by atoms with E-state index < -0.39 is 35.3 Å². The number of carboxylic acid groups (broad SMARTS) is 1. The summed E-state index contributed by atoms with van der Waals surface area (Å²) in [4.78, 5) is 34.7. The molecular formula is C16H20FNO5. The number of hydrogen-bond donors (Lipinski definition) is 2. The molecule has 0 aliphatic heterocycles. The predicted octanol–water partition coefficient (Wildman–Crippen LogP) is 2.77. The summed E-state index contributed by atoms with van der Waals surface area (Å²) in [5.41, 5.74) is -0.601. The number of halogens is 1. The molecule has 2 N–H and O–H groups in total. The Hall–Kier alpha value is -2.44. The van der Waals surface area contributed by atoms with E-state index in [-0.39, 0.29) is 18.4 Å². The first kappa shape index (κ1) is 18.6. The number of rotatable bonds is 6. The van der Waals surface area contributed by atoms with Crippen molar-refractivity contribution in [1.29, 1.82) is 0 Å². The normalized spacial score (nSPS) is 12.3. The lowest BCUT2D eigenvalue weighted by atomic mass is 10.0. The van der Waals surface area contributed by atoms with E-state index in [9.17, 15) is 18.8 Å². The fourth-order valence-electron chi connectivity index (χ4n) is 1.79. The van der Waals surface area contributed by atoms with Gasteiger partial charge in [0.05, 0.1) is 0 Å². The molecule has 23 heavy (non-hydrogen) atoms. The van der Waals surface area contributed by atoms with Crippen LogP contribution >= 0.6 is 0 Å². The molecule has 0 aliphatic rings. The Morgan fingerprint density at radius 1 is 1.30 bits per heavy atom.